The summed E-state index contributed by atoms with van der Waals surface area (Å²) in [6.45, 7) is 3.22. The molecule has 0 radical (unpaired) electrons. The number of fused-ring (bicyclic) bond motifs is 1. The molecule has 3 unspecified atom stereocenters. The summed E-state index contributed by atoms with van der Waals surface area (Å²) in [6, 6.07) is 11.3. The zero-order valence-corrected chi connectivity index (χ0v) is 28.0. The maximum absolute atomic E-state index is 14.9. The lowest BCUT2D eigenvalue weighted by Gasteiger charge is -2.53. The number of ether oxygens (including phenoxy) is 2. The largest absolute Gasteiger partial charge is 0.497 e. The minimum atomic E-state index is -4.58. The Balaban J connectivity index is 1.66. The zero-order valence-electron chi connectivity index (χ0n) is 27.2. The van der Waals surface area contributed by atoms with Crippen molar-refractivity contribution in [1.82, 2.24) is 23.7 Å². The first-order chi connectivity index (χ1) is 23.5. The van der Waals surface area contributed by atoms with Crippen LogP contribution in [0.2, 0.25) is 0 Å². The number of benzene rings is 2. The van der Waals surface area contributed by atoms with Crippen LogP contribution in [0.15, 0.2) is 65.7 Å². The molecule has 2 aliphatic heterocycles. The Morgan fingerprint density at radius 2 is 1.84 bits per heavy atom. The predicted octanol–water partition coefficient (Wildman–Crippen LogP) is 4.59. The van der Waals surface area contributed by atoms with E-state index in [1.165, 1.54) is 43.6 Å². The van der Waals surface area contributed by atoms with Crippen LogP contribution < -0.4 is 9.47 Å². The van der Waals surface area contributed by atoms with Gasteiger partial charge < -0.3 is 24.6 Å². The Hall–Kier alpha value is -4.91. The molecule has 3 atom stereocenters. The van der Waals surface area contributed by atoms with Crippen LogP contribution in [0.4, 0.5) is 9.18 Å². The van der Waals surface area contributed by atoms with E-state index in [4.69, 9.17) is 9.47 Å². The molecule has 49 heavy (non-hydrogen) atoms. The number of aromatic hydroxyl groups is 1. The van der Waals surface area contributed by atoms with Crippen molar-refractivity contribution in [2.24, 2.45) is 0 Å². The number of likely N-dealkylation sites (tertiary alicyclic amines) is 1. The zero-order chi connectivity index (χ0) is 35.0. The van der Waals surface area contributed by atoms with Crippen LogP contribution in [-0.2, 0) is 10.0 Å². The summed E-state index contributed by atoms with van der Waals surface area (Å²) in [7, 11) is -1.14. The fourth-order valence-electron chi connectivity index (χ4n) is 7.16. The van der Waals surface area contributed by atoms with Gasteiger partial charge in [0.1, 0.15) is 17.6 Å². The molecule has 2 aliphatic rings. The van der Waals surface area contributed by atoms with Crippen molar-refractivity contribution in [3.63, 3.8) is 0 Å². The average Bonchev–Trinajstić information content (AvgIpc) is 3.39. The number of amides is 1. The highest BCUT2D eigenvalue weighted by molar-refractivity contribution is 7.90. The minimum absolute atomic E-state index is 0.0555. The van der Waals surface area contributed by atoms with Crippen LogP contribution in [-0.4, -0.2) is 101 Å². The highest BCUT2D eigenvalue weighted by atomic mass is 32.2. The van der Waals surface area contributed by atoms with Crippen molar-refractivity contribution in [3.8, 4) is 23.6 Å². The van der Waals surface area contributed by atoms with Crippen LogP contribution >= 0.6 is 0 Å². The molecular formula is C34H37FN6O7S. The fourth-order valence-corrected chi connectivity index (χ4v) is 8.59. The van der Waals surface area contributed by atoms with Crippen molar-refractivity contribution in [2.45, 2.75) is 48.8 Å². The van der Waals surface area contributed by atoms with Gasteiger partial charge in [-0.25, -0.2) is 26.6 Å². The molecule has 6 rings (SSSR count). The number of hydrogen-bond acceptors (Lipinski definition) is 10. The average molecular weight is 693 g/mol. The summed E-state index contributed by atoms with van der Waals surface area (Å²) < 4.78 is 55.2. The van der Waals surface area contributed by atoms with Crippen molar-refractivity contribution in [2.75, 3.05) is 40.4 Å². The second-order valence-corrected chi connectivity index (χ2v) is 13.9. The first-order valence-electron chi connectivity index (χ1n) is 15.9. The standard InChI is InChI=1S/C34H37FN6O7S/c1-4-48-32-27(6-5-15-37-32)30-31(39(34(43)44)20-23(19-36)40(30)22-13-16-38(2)17-14-22)29-26-12-7-21(35)18-28(26)41(33(29)42)49(45,46)25-10-8-24(47-3)9-11-25/h5-12,15,18,22-23,30-31,42H,4,13-14,16-17,20H2,1-3H3,(H,43,44). The number of piperidine rings is 1. The third-order valence-corrected chi connectivity index (χ3v) is 11.1. The number of aromatic nitrogens is 2. The number of hydrogen-bond donors (Lipinski definition) is 2. The number of methoxy groups -OCH3 is 1. The molecular weight excluding hydrogens is 655 g/mol. The predicted molar refractivity (Wildman–Crippen MR) is 177 cm³/mol. The van der Waals surface area contributed by atoms with Gasteiger partial charge >= 0.3 is 6.09 Å². The van der Waals surface area contributed by atoms with Gasteiger partial charge in [0, 0.05) is 28.8 Å². The highest BCUT2D eigenvalue weighted by Crippen LogP contribution is 2.52. The van der Waals surface area contributed by atoms with Crippen LogP contribution in [0.3, 0.4) is 0 Å². The molecule has 2 N–H and O–H groups in total. The van der Waals surface area contributed by atoms with Crippen molar-refractivity contribution < 1.29 is 37.3 Å². The normalized spacial score (nSPS) is 21.0. The van der Waals surface area contributed by atoms with Crippen LogP contribution in [0, 0.1) is 17.1 Å². The molecule has 15 heteroatoms. The van der Waals surface area contributed by atoms with E-state index in [2.05, 4.69) is 16.0 Å². The number of carboxylic acid groups (broad SMARTS) is 1. The second kappa shape index (κ2) is 13.5. The first kappa shape index (κ1) is 34.0. The van der Waals surface area contributed by atoms with E-state index in [9.17, 15) is 33.1 Å². The maximum atomic E-state index is 14.9. The van der Waals surface area contributed by atoms with E-state index in [1.54, 1.807) is 19.1 Å². The van der Waals surface area contributed by atoms with Gasteiger partial charge in [-0.15, -0.1) is 0 Å². The number of piperazine rings is 1. The molecule has 2 saturated heterocycles. The molecule has 4 aromatic rings. The Kier molecular flexibility index (Phi) is 9.39. The molecule has 2 aromatic carbocycles. The highest BCUT2D eigenvalue weighted by Gasteiger charge is 2.51. The Labute approximate surface area is 283 Å². The van der Waals surface area contributed by atoms with Crippen molar-refractivity contribution >= 4 is 27.0 Å². The van der Waals surface area contributed by atoms with E-state index in [0.717, 1.165) is 30.1 Å². The van der Waals surface area contributed by atoms with Gasteiger partial charge in [0.15, 0.2) is 0 Å². The second-order valence-electron chi connectivity index (χ2n) is 12.1. The van der Waals surface area contributed by atoms with E-state index >= 15 is 0 Å². The summed E-state index contributed by atoms with van der Waals surface area (Å²) in [6.07, 6.45) is 1.48. The number of nitrogens with zero attached hydrogens (tertiary/aromatic N) is 6. The monoisotopic (exact) mass is 692 g/mol. The van der Waals surface area contributed by atoms with Gasteiger partial charge in [-0.2, -0.15) is 5.26 Å². The van der Waals surface area contributed by atoms with E-state index in [0.29, 0.717) is 28.1 Å². The fraction of sp³-hybridized carbons (Fsp3) is 0.382. The quantitative estimate of drug-likeness (QED) is 0.266. The third kappa shape index (κ3) is 6.00. The molecule has 2 fully saturated rings. The van der Waals surface area contributed by atoms with Gasteiger partial charge in [-0.1, -0.05) is 6.07 Å². The topological polar surface area (TPSA) is 161 Å². The lowest BCUT2D eigenvalue weighted by molar-refractivity contribution is -0.0389. The number of carbonyl (C=O) groups is 1. The molecule has 0 spiro atoms. The SMILES string of the molecule is CCOc1ncccc1C1C(c2c(O)n(S(=O)(=O)c3ccc(OC)cc3)c3cc(F)ccc23)N(C(=O)O)CC(C#N)N1C1CCN(C)CC1. The minimum Gasteiger partial charge on any atom is -0.497 e. The summed E-state index contributed by atoms with van der Waals surface area (Å²) in [5.74, 6) is -0.932. The summed E-state index contributed by atoms with van der Waals surface area (Å²) in [5.41, 5.74) is 0.219. The van der Waals surface area contributed by atoms with Crippen LogP contribution in [0.5, 0.6) is 17.5 Å². The van der Waals surface area contributed by atoms with Gasteiger partial charge in [-0.05, 0) is 88.4 Å². The lowest BCUT2D eigenvalue weighted by atomic mass is 9.84. The van der Waals surface area contributed by atoms with Gasteiger partial charge in [-0.3, -0.25) is 9.80 Å². The molecule has 0 bridgehead atoms. The van der Waals surface area contributed by atoms with Crippen LogP contribution in [0.1, 0.15) is 43.0 Å². The molecule has 0 aliphatic carbocycles. The van der Waals surface area contributed by atoms with Gasteiger partial charge in [0.25, 0.3) is 10.0 Å². The van der Waals surface area contributed by atoms with E-state index in [-0.39, 0.29) is 46.4 Å². The van der Waals surface area contributed by atoms with Gasteiger partial charge in [0.2, 0.25) is 11.8 Å². The maximum Gasteiger partial charge on any atom is 0.407 e. The number of pyridine rings is 1. The van der Waals surface area contributed by atoms with Crippen molar-refractivity contribution in [3.05, 3.63) is 77.7 Å². The summed E-state index contributed by atoms with van der Waals surface area (Å²) >= 11 is 0. The molecule has 2 aromatic heterocycles. The Bertz CT molecular complexity index is 2010. The first-order valence-corrected chi connectivity index (χ1v) is 17.3. The van der Waals surface area contributed by atoms with E-state index in [1.807, 2.05) is 11.9 Å². The van der Waals surface area contributed by atoms with Crippen LogP contribution in [0.25, 0.3) is 10.9 Å². The smallest absolute Gasteiger partial charge is 0.407 e. The molecule has 258 valence electrons. The number of halogens is 1. The Morgan fingerprint density at radius 3 is 2.47 bits per heavy atom. The Morgan fingerprint density at radius 1 is 1.12 bits per heavy atom. The van der Waals surface area contributed by atoms with Gasteiger partial charge in [0.05, 0.1) is 48.8 Å². The summed E-state index contributed by atoms with van der Waals surface area (Å²) in [5, 5.41) is 33.5. The molecule has 4 heterocycles. The summed E-state index contributed by atoms with van der Waals surface area (Å²) in [4.78, 5) is 22.6. The lowest BCUT2D eigenvalue weighted by Crippen LogP contribution is -2.61. The molecule has 1 amide bonds. The molecule has 13 nitrogen and oxygen atoms in total. The molecule has 0 saturated carbocycles. The van der Waals surface area contributed by atoms with Crippen molar-refractivity contribution in [1.29, 1.82) is 5.26 Å². The number of rotatable bonds is 8. The van der Waals surface area contributed by atoms with E-state index < -0.39 is 45.9 Å². The third-order valence-electron chi connectivity index (χ3n) is 9.39. The number of nitriles is 1.